The highest BCUT2D eigenvalue weighted by Gasteiger charge is 2.16. The number of thiocarbonyl (C=S) groups is 1. The van der Waals surface area contributed by atoms with Gasteiger partial charge < -0.3 is 10.3 Å². The number of nitrogens with zero attached hydrogens (tertiary/aromatic N) is 2. The van der Waals surface area contributed by atoms with E-state index in [1.54, 1.807) is 12.3 Å². The molecule has 0 saturated carbocycles. The lowest BCUT2D eigenvalue weighted by atomic mass is 10.2. The van der Waals surface area contributed by atoms with Gasteiger partial charge in [0, 0.05) is 18.0 Å². The monoisotopic (exact) mass is 285 g/mol. The first-order valence-corrected chi connectivity index (χ1v) is 7.02. The van der Waals surface area contributed by atoms with E-state index in [0.29, 0.717) is 12.2 Å². The highest BCUT2D eigenvalue weighted by atomic mass is 32.1. The van der Waals surface area contributed by atoms with Crippen LogP contribution in [-0.2, 0) is 19.4 Å². The highest BCUT2D eigenvalue weighted by Crippen LogP contribution is 2.20. The van der Waals surface area contributed by atoms with E-state index in [9.17, 15) is 4.79 Å². The van der Waals surface area contributed by atoms with Crippen molar-refractivity contribution in [2.24, 2.45) is 5.73 Å². The fourth-order valence-corrected chi connectivity index (χ4v) is 2.81. The van der Waals surface area contributed by atoms with E-state index < -0.39 is 0 Å². The van der Waals surface area contributed by atoms with Gasteiger partial charge in [-0.25, -0.2) is 0 Å². The molecule has 2 heterocycles. The van der Waals surface area contributed by atoms with E-state index in [1.165, 1.54) is 5.56 Å². The summed E-state index contributed by atoms with van der Waals surface area (Å²) in [6, 6.07) is 7.35. The zero-order valence-corrected chi connectivity index (χ0v) is 11.8. The van der Waals surface area contributed by atoms with E-state index >= 15 is 0 Å². The van der Waals surface area contributed by atoms with Crippen LogP contribution in [-0.4, -0.2) is 14.5 Å². The normalized spacial score (nSPS) is 13.2. The van der Waals surface area contributed by atoms with Crippen molar-refractivity contribution in [3.8, 4) is 0 Å². The van der Waals surface area contributed by atoms with Crippen molar-refractivity contribution in [3.05, 3.63) is 63.3 Å². The quantitative estimate of drug-likeness (QED) is 0.866. The summed E-state index contributed by atoms with van der Waals surface area (Å²) >= 11 is 4.94. The van der Waals surface area contributed by atoms with Crippen molar-refractivity contribution in [3.63, 3.8) is 0 Å². The third kappa shape index (κ3) is 2.36. The molecule has 1 aliphatic rings. The van der Waals surface area contributed by atoms with Crippen molar-refractivity contribution in [1.82, 2.24) is 9.55 Å². The second-order valence-electron chi connectivity index (χ2n) is 5.00. The smallest absolute Gasteiger partial charge is 0.251 e. The van der Waals surface area contributed by atoms with Gasteiger partial charge in [-0.3, -0.25) is 9.78 Å². The average molecular weight is 285 g/mol. The summed E-state index contributed by atoms with van der Waals surface area (Å²) in [6.07, 6.45) is 4.83. The number of aryl methyl sites for hydroxylation is 1. The molecule has 0 atom stereocenters. The second kappa shape index (κ2) is 5.17. The van der Waals surface area contributed by atoms with Gasteiger partial charge in [-0.15, -0.1) is 0 Å². The summed E-state index contributed by atoms with van der Waals surface area (Å²) in [5.41, 5.74) is 9.67. The Morgan fingerprint density at radius 2 is 2.20 bits per heavy atom. The molecule has 0 spiro atoms. The third-order valence-electron chi connectivity index (χ3n) is 3.67. The van der Waals surface area contributed by atoms with E-state index in [2.05, 4.69) is 4.98 Å². The number of fused-ring (bicyclic) bond motifs is 1. The Kier molecular flexibility index (Phi) is 3.36. The van der Waals surface area contributed by atoms with Crippen molar-refractivity contribution < 1.29 is 0 Å². The molecule has 3 rings (SSSR count). The number of rotatable bonds is 3. The molecule has 5 heteroatoms. The Balaban J connectivity index is 2.00. The largest absolute Gasteiger partial charge is 0.388 e. The van der Waals surface area contributed by atoms with Gasteiger partial charge in [0.1, 0.15) is 4.99 Å². The highest BCUT2D eigenvalue weighted by molar-refractivity contribution is 7.80. The third-order valence-corrected chi connectivity index (χ3v) is 3.88. The molecule has 1 aliphatic carbocycles. The van der Waals surface area contributed by atoms with Crippen LogP contribution in [0.15, 0.2) is 35.3 Å². The predicted molar refractivity (Wildman–Crippen MR) is 82.0 cm³/mol. The van der Waals surface area contributed by atoms with Gasteiger partial charge in [-0.2, -0.15) is 0 Å². The maximum Gasteiger partial charge on any atom is 0.251 e. The molecule has 0 fully saturated rings. The molecule has 0 amide bonds. The average Bonchev–Trinajstić information content (AvgIpc) is 2.91. The number of hydrogen-bond acceptors (Lipinski definition) is 3. The van der Waals surface area contributed by atoms with Crippen molar-refractivity contribution in [2.75, 3.05) is 0 Å². The fourth-order valence-electron chi connectivity index (χ4n) is 2.70. The minimum absolute atomic E-state index is 0.0411. The van der Waals surface area contributed by atoms with Gasteiger partial charge in [0.25, 0.3) is 5.56 Å². The molecule has 0 saturated heterocycles. The van der Waals surface area contributed by atoms with Crippen LogP contribution in [0, 0.1) is 0 Å². The van der Waals surface area contributed by atoms with Crippen molar-refractivity contribution in [1.29, 1.82) is 0 Å². The molecule has 20 heavy (non-hydrogen) atoms. The summed E-state index contributed by atoms with van der Waals surface area (Å²) < 4.78 is 1.85. The molecular formula is C15H15N3OS. The molecule has 0 aromatic carbocycles. The van der Waals surface area contributed by atoms with Gasteiger partial charge in [0.2, 0.25) is 0 Å². The second-order valence-corrected chi connectivity index (χ2v) is 5.44. The van der Waals surface area contributed by atoms with Crippen molar-refractivity contribution in [2.45, 2.75) is 25.8 Å². The van der Waals surface area contributed by atoms with E-state index in [-0.39, 0.29) is 10.5 Å². The van der Waals surface area contributed by atoms with Crippen LogP contribution >= 0.6 is 12.2 Å². The van der Waals surface area contributed by atoms with E-state index in [4.69, 9.17) is 18.0 Å². The zero-order valence-electron chi connectivity index (χ0n) is 11.0. The number of hydrogen-bond donors (Lipinski definition) is 1. The first-order valence-electron chi connectivity index (χ1n) is 6.61. The molecule has 0 radical (unpaired) electrons. The fraction of sp³-hybridized carbons (Fsp3) is 0.267. The standard InChI is InChI=1S/C15H15N3OS/c16-15(20)12-8-10(6-7-17-12)9-18-13-3-1-2-11(13)4-5-14(18)19/h4-8H,1-3,9H2,(H2,16,20). The molecule has 102 valence electrons. The maximum atomic E-state index is 12.1. The van der Waals surface area contributed by atoms with Crippen LogP contribution in [0.4, 0.5) is 0 Å². The molecule has 2 aromatic heterocycles. The van der Waals surface area contributed by atoms with Crippen LogP contribution < -0.4 is 11.3 Å². The number of nitrogens with two attached hydrogens (primary N) is 1. The SMILES string of the molecule is NC(=S)c1cc(Cn2c3c(ccc2=O)CCC3)ccn1. The lowest BCUT2D eigenvalue weighted by Crippen LogP contribution is -2.23. The molecule has 4 nitrogen and oxygen atoms in total. The van der Waals surface area contributed by atoms with Crippen LogP contribution in [0.25, 0.3) is 0 Å². The topological polar surface area (TPSA) is 60.9 Å². The molecule has 2 N–H and O–H groups in total. The predicted octanol–water partition coefficient (Wildman–Crippen LogP) is 1.41. The molecule has 0 aliphatic heterocycles. The van der Waals surface area contributed by atoms with Gasteiger partial charge in [0.05, 0.1) is 12.2 Å². The summed E-state index contributed by atoms with van der Waals surface area (Å²) in [6.45, 7) is 0.542. The van der Waals surface area contributed by atoms with Gasteiger partial charge in [0.15, 0.2) is 0 Å². The lowest BCUT2D eigenvalue weighted by Gasteiger charge is -2.12. The molecular weight excluding hydrogens is 270 g/mol. The summed E-state index contributed by atoms with van der Waals surface area (Å²) in [7, 11) is 0. The Morgan fingerprint density at radius 3 is 3.00 bits per heavy atom. The molecule has 2 aromatic rings. The van der Waals surface area contributed by atoms with E-state index in [0.717, 1.165) is 30.5 Å². The molecule has 0 unspecified atom stereocenters. The van der Waals surface area contributed by atoms with Crippen molar-refractivity contribution >= 4 is 17.2 Å². The Bertz CT molecular complexity index is 736. The van der Waals surface area contributed by atoms with Crippen LogP contribution in [0.5, 0.6) is 0 Å². The zero-order chi connectivity index (χ0) is 14.1. The van der Waals surface area contributed by atoms with E-state index in [1.807, 2.05) is 22.8 Å². The van der Waals surface area contributed by atoms with Gasteiger partial charge >= 0.3 is 0 Å². The summed E-state index contributed by atoms with van der Waals surface area (Å²) in [4.78, 5) is 16.5. The minimum Gasteiger partial charge on any atom is -0.388 e. The number of aromatic nitrogens is 2. The summed E-state index contributed by atoms with van der Waals surface area (Å²) in [5, 5.41) is 0. The lowest BCUT2D eigenvalue weighted by molar-refractivity contribution is 0.706. The van der Waals surface area contributed by atoms with Crippen LogP contribution in [0.3, 0.4) is 0 Å². The Morgan fingerprint density at radius 1 is 1.35 bits per heavy atom. The van der Waals surface area contributed by atoms with Crippen LogP contribution in [0.1, 0.15) is 28.9 Å². The number of pyridine rings is 2. The Labute approximate surface area is 122 Å². The van der Waals surface area contributed by atoms with Gasteiger partial charge in [-0.1, -0.05) is 18.3 Å². The molecule has 0 bridgehead atoms. The first kappa shape index (κ1) is 13.0. The van der Waals surface area contributed by atoms with Gasteiger partial charge in [-0.05, 0) is 42.5 Å². The first-order chi connectivity index (χ1) is 9.65. The van der Waals surface area contributed by atoms with Crippen LogP contribution in [0.2, 0.25) is 0 Å². The minimum atomic E-state index is 0.0411. The Hall–Kier alpha value is -2.01. The summed E-state index contributed by atoms with van der Waals surface area (Å²) in [5.74, 6) is 0. The maximum absolute atomic E-state index is 12.1.